The molecule has 0 radical (unpaired) electrons. The number of hydrogen-bond acceptors (Lipinski definition) is 6. The van der Waals surface area contributed by atoms with Crippen molar-refractivity contribution >= 4 is 22.3 Å². The van der Waals surface area contributed by atoms with E-state index in [2.05, 4.69) is 39.7 Å². The predicted octanol–water partition coefficient (Wildman–Crippen LogP) is 4.61. The molecule has 0 unspecified atom stereocenters. The second kappa shape index (κ2) is 10.1. The molecule has 1 amide bonds. The van der Waals surface area contributed by atoms with Gasteiger partial charge >= 0.3 is 0 Å². The van der Waals surface area contributed by atoms with E-state index in [4.69, 9.17) is 9.84 Å². The molecular formula is C30H34N8O2. The third kappa shape index (κ3) is 4.61. The molecule has 6 heterocycles. The number of carbonyl (C=O) groups is 1. The number of ether oxygens (including phenoxy) is 1. The fourth-order valence-corrected chi connectivity index (χ4v) is 5.92. The Morgan fingerprint density at radius 1 is 1.12 bits per heavy atom. The summed E-state index contributed by atoms with van der Waals surface area (Å²) in [5.41, 5.74) is 5.75. The third-order valence-corrected chi connectivity index (χ3v) is 8.28. The molecule has 2 fully saturated rings. The van der Waals surface area contributed by atoms with Crippen LogP contribution in [0.4, 0.5) is 0 Å². The second-order valence-electron chi connectivity index (χ2n) is 11.4. The first-order chi connectivity index (χ1) is 19.5. The standard InChI is InChI=1S/C30H34N8O2/c1-20-4-3-11-36(15-20)30(39)24-7-8-25-21(2)27(34-38(25)17-24)26-14-23-9-10-31-29(28(23)37(26)16-22-5-6-22)40-13-12-35-18-32-33-19-35/h7-10,14,17-20,22H,3-6,11-13,15-16H2,1-2H3/t20-/m1/s1. The van der Waals surface area contributed by atoms with Crippen LogP contribution >= 0.6 is 0 Å². The Morgan fingerprint density at radius 2 is 1.98 bits per heavy atom. The maximum atomic E-state index is 13.3. The summed E-state index contributed by atoms with van der Waals surface area (Å²) in [5.74, 6) is 1.90. The average Bonchev–Trinajstić information content (AvgIpc) is 3.33. The summed E-state index contributed by atoms with van der Waals surface area (Å²) in [6, 6.07) is 8.21. The maximum Gasteiger partial charge on any atom is 0.255 e. The van der Waals surface area contributed by atoms with Gasteiger partial charge in [0.05, 0.1) is 23.3 Å². The minimum Gasteiger partial charge on any atom is -0.474 e. The molecular weight excluding hydrogens is 504 g/mol. The van der Waals surface area contributed by atoms with Crippen molar-refractivity contribution in [1.29, 1.82) is 0 Å². The highest BCUT2D eigenvalue weighted by molar-refractivity contribution is 5.95. The normalized spacial score (nSPS) is 17.6. The van der Waals surface area contributed by atoms with E-state index >= 15 is 0 Å². The molecule has 0 bridgehead atoms. The van der Waals surface area contributed by atoms with Gasteiger partial charge in [-0.2, -0.15) is 5.10 Å². The van der Waals surface area contributed by atoms with E-state index in [-0.39, 0.29) is 5.91 Å². The van der Waals surface area contributed by atoms with E-state index in [1.54, 1.807) is 18.9 Å². The van der Waals surface area contributed by atoms with Crippen molar-refractivity contribution < 1.29 is 9.53 Å². The third-order valence-electron chi connectivity index (χ3n) is 8.28. The van der Waals surface area contributed by atoms with Crippen molar-refractivity contribution in [2.24, 2.45) is 11.8 Å². The van der Waals surface area contributed by atoms with Gasteiger partial charge in [-0.3, -0.25) is 4.79 Å². The zero-order valence-electron chi connectivity index (χ0n) is 23.0. The van der Waals surface area contributed by atoms with Gasteiger partial charge in [-0.05, 0) is 68.7 Å². The fourth-order valence-electron chi connectivity index (χ4n) is 5.92. The number of nitrogens with zero attached hydrogens (tertiary/aromatic N) is 8. The largest absolute Gasteiger partial charge is 0.474 e. The molecule has 5 aromatic rings. The van der Waals surface area contributed by atoms with Crippen LogP contribution in [0.1, 0.15) is 48.5 Å². The molecule has 2 aliphatic rings. The van der Waals surface area contributed by atoms with E-state index in [0.717, 1.165) is 59.4 Å². The van der Waals surface area contributed by atoms with Crippen molar-refractivity contribution in [2.75, 3.05) is 19.7 Å². The van der Waals surface area contributed by atoms with Crippen molar-refractivity contribution in [3.05, 3.63) is 60.4 Å². The van der Waals surface area contributed by atoms with Gasteiger partial charge in [0, 0.05) is 43.0 Å². The van der Waals surface area contributed by atoms with Gasteiger partial charge in [0.1, 0.15) is 30.5 Å². The van der Waals surface area contributed by atoms with E-state index in [9.17, 15) is 4.79 Å². The van der Waals surface area contributed by atoms with Crippen molar-refractivity contribution in [3.8, 4) is 17.3 Å². The molecule has 206 valence electrons. The topological polar surface area (TPSA) is 95.4 Å². The van der Waals surface area contributed by atoms with Gasteiger partial charge in [-0.1, -0.05) is 6.92 Å². The summed E-state index contributed by atoms with van der Waals surface area (Å²) in [5, 5.41) is 13.8. The number of rotatable bonds is 8. The van der Waals surface area contributed by atoms with Crippen LogP contribution in [0.5, 0.6) is 5.88 Å². The number of carbonyl (C=O) groups excluding carboxylic acids is 1. The molecule has 40 heavy (non-hydrogen) atoms. The Labute approximate surface area is 232 Å². The Morgan fingerprint density at radius 3 is 2.77 bits per heavy atom. The van der Waals surface area contributed by atoms with E-state index < -0.39 is 0 Å². The Balaban J connectivity index is 1.25. The average molecular weight is 539 g/mol. The fraction of sp³-hybridized carbons (Fsp3) is 0.433. The Hall–Kier alpha value is -4.21. The molecule has 10 nitrogen and oxygen atoms in total. The van der Waals surface area contributed by atoms with Crippen LogP contribution in [0.2, 0.25) is 0 Å². The molecule has 10 heteroatoms. The molecule has 5 aromatic heterocycles. The number of amides is 1. The monoisotopic (exact) mass is 538 g/mol. The number of pyridine rings is 2. The smallest absolute Gasteiger partial charge is 0.255 e. The second-order valence-corrected chi connectivity index (χ2v) is 11.4. The highest BCUT2D eigenvalue weighted by Crippen LogP contribution is 2.39. The van der Waals surface area contributed by atoms with Gasteiger partial charge in [0.25, 0.3) is 5.91 Å². The molecule has 1 aliphatic carbocycles. The van der Waals surface area contributed by atoms with Gasteiger partial charge < -0.3 is 18.8 Å². The lowest BCUT2D eigenvalue weighted by Crippen LogP contribution is -2.39. The first-order valence-corrected chi connectivity index (χ1v) is 14.3. The van der Waals surface area contributed by atoms with E-state index in [1.165, 1.54) is 19.3 Å². The van der Waals surface area contributed by atoms with E-state index in [1.807, 2.05) is 38.4 Å². The van der Waals surface area contributed by atoms with Crippen molar-refractivity contribution in [3.63, 3.8) is 0 Å². The molecule has 1 aliphatic heterocycles. The Bertz CT molecular complexity index is 1680. The lowest BCUT2D eigenvalue weighted by atomic mass is 10.00. The molecule has 0 aromatic carbocycles. The molecule has 0 N–H and O–H groups in total. The number of aromatic nitrogens is 7. The maximum absolute atomic E-state index is 13.3. The predicted molar refractivity (Wildman–Crippen MR) is 151 cm³/mol. The lowest BCUT2D eigenvalue weighted by molar-refractivity contribution is 0.0682. The SMILES string of the molecule is Cc1c(-c2cc3ccnc(OCCn4cnnc4)c3n2CC2CC2)nn2cc(C(=O)N3CCC[C@@H](C)C3)ccc12. The molecule has 1 saturated carbocycles. The Kier molecular flexibility index (Phi) is 6.25. The lowest BCUT2D eigenvalue weighted by Gasteiger charge is -2.30. The molecule has 7 rings (SSSR count). The zero-order chi connectivity index (χ0) is 27.2. The summed E-state index contributed by atoms with van der Waals surface area (Å²) in [6.45, 7) is 7.98. The summed E-state index contributed by atoms with van der Waals surface area (Å²) in [6.07, 6.45) is 11.8. The highest BCUT2D eigenvalue weighted by Gasteiger charge is 2.28. The van der Waals surface area contributed by atoms with Crippen molar-refractivity contribution in [1.82, 2.24) is 38.8 Å². The number of piperidine rings is 1. The minimum absolute atomic E-state index is 0.0883. The molecule has 1 saturated heterocycles. The number of aryl methyl sites for hydroxylation is 1. The summed E-state index contributed by atoms with van der Waals surface area (Å²) < 4.78 is 12.3. The van der Waals surface area contributed by atoms with Gasteiger partial charge in [0.2, 0.25) is 5.88 Å². The van der Waals surface area contributed by atoms with E-state index in [0.29, 0.717) is 36.4 Å². The summed E-state index contributed by atoms with van der Waals surface area (Å²) in [4.78, 5) is 19.9. The quantitative estimate of drug-likeness (QED) is 0.286. The van der Waals surface area contributed by atoms with Crippen LogP contribution in [-0.4, -0.2) is 64.4 Å². The number of fused-ring (bicyclic) bond motifs is 2. The van der Waals surface area contributed by atoms with Crippen LogP contribution in [0.3, 0.4) is 0 Å². The summed E-state index contributed by atoms with van der Waals surface area (Å²) in [7, 11) is 0. The van der Waals surface area contributed by atoms with Crippen LogP contribution in [0.25, 0.3) is 27.8 Å². The van der Waals surface area contributed by atoms with Crippen LogP contribution < -0.4 is 4.74 Å². The van der Waals surface area contributed by atoms with Crippen molar-refractivity contribution in [2.45, 2.75) is 52.6 Å². The zero-order valence-corrected chi connectivity index (χ0v) is 23.0. The van der Waals surface area contributed by atoms with Crippen LogP contribution in [-0.2, 0) is 13.1 Å². The van der Waals surface area contributed by atoms with Crippen LogP contribution in [0.15, 0.2) is 49.3 Å². The molecule has 1 atom stereocenters. The van der Waals surface area contributed by atoms with Gasteiger partial charge in [-0.15, -0.1) is 10.2 Å². The van der Waals surface area contributed by atoms with Gasteiger partial charge in [0.15, 0.2) is 0 Å². The minimum atomic E-state index is 0.0883. The summed E-state index contributed by atoms with van der Waals surface area (Å²) >= 11 is 0. The number of likely N-dealkylation sites (tertiary alicyclic amines) is 1. The number of hydrogen-bond donors (Lipinski definition) is 0. The van der Waals surface area contributed by atoms with Gasteiger partial charge in [-0.25, -0.2) is 9.50 Å². The van der Waals surface area contributed by atoms with Crippen LogP contribution in [0, 0.1) is 18.8 Å². The molecule has 0 spiro atoms. The first-order valence-electron chi connectivity index (χ1n) is 14.3. The first kappa shape index (κ1) is 24.8. The highest BCUT2D eigenvalue weighted by atomic mass is 16.5.